The van der Waals surface area contributed by atoms with Crippen LogP contribution in [0, 0.1) is 11.8 Å². The van der Waals surface area contributed by atoms with Crippen LogP contribution in [-0.2, 0) is 6.54 Å². The molecular formula is C17H30N4. The molecule has 21 heavy (non-hydrogen) atoms. The molecule has 0 bridgehead atoms. The van der Waals surface area contributed by atoms with Crippen LogP contribution in [0.3, 0.4) is 0 Å². The van der Waals surface area contributed by atoms with E-state index in [1.807, 2.05) is 12.4 Å². The number of anilines is 1. The number of nitrogens with zero attached hydrogens (tertiary/aromatic N) is 3. The Morgan fingerprint density at radius 3 is 2.38 bits per heavy atom. The summed E-state index contributed by atoms with van der Waals surface area (Å²) in [7, 11) is 0. The second-order valence-corrected chi connectivity index (χ2v) is 7.71. The van der Waals surface area contributed by atoms with Gasteiger partial charge in [0.05, 0.1) is 0 Å². The lowest BCUT2D eigenvalue weighted by Crippen LogP contribution is -2.46. The number of hydrogen-bond acceptors (Lipinski definition) is 4. The zero-order valence-electron chi connectivity index (χ0n) is 14.3. The molecule has 1 N–H and O–H groups in total. The van der Waals surface area contributed by atoms with Gasteiger partial charge in [-0.15, -0.1) is 0 Å². The maximum absolute atomic E-state index is 4.60. The Labute approximate surface area is 129 Å². The van der Waals surface area contributed by atoms with Crippen molar-refractivity contribution in [1.82, 2.24) is 15.3 Å². The van der Waals surface area contributed by atoms with Crippen LogP contribution in [0.2, 0.25) is 0 Å². The predicted molar refractivity (Wildman–Crippen MR) is 88.4 cm³/mol. The summed E-state index contributed by atoms with van der Waals surface area (Å²) >= 11 is 0. The van der Waals surface area contributed by atoms with E-state index in [4.69, 9.17) is 0 Å². The molecule has 4 heteroatoms. The molecule has 1 aliphatic rings. The quantitative estimate of drug-likeness (QED) is 0.928. The summed E-state index contributed by atoms with van der Waals surface area (Å²) < 4.78 is 0. The summed E-state index contributed by atoms with van der Waals surface area (Å²) in [5.74, 6) is 2.28. The Morgan fingerprint density at radius 2 is 1.81 bits per heavy atom. The summed E-state index contributed by atoms with van der Waals surface area (Å²) in [5.41, 5.74) is 1.25. The van der Waals surface area contributed by atoms with Gasteiger partial charge in [0.1, 0.15) is 0 Å². The monoisotopic (exact) mass is 290 g/mol. The Bertz CT molecular complexity index is 449. The fraction of sp³-hybridized carbons (Fsp3) is 0.765. The standard InChI is InChI=1S/C17H30N4/c1-12-7-13(2)14(3)21(11-12)16-18-8-15(9-19-16)10-20-17(4,5)6/h8-9,12-14,20H,7,10-11H2,1-6H3. The molecule has 1 saturated heterocycles. The van der Waals surface area contributed by atoms with Crippen LogP contribution in [0.4, 0.5) is 5.95 Å². The average molecular weight is 290 g/mol. The molecule has 118 valence electrons. The highest BCUT2D eigenvalue weighted by Gasteiger charge is 2.30. The average Bonchev–Trinajstić information content (AvgIpc) is 2.40. The molecule has 1 aromatic rings. The third kappa shape index (κ3) is 4.40. The van der Waals surface area contributed by atoms with Crippen molar-refractivity contribution in [3.8, 4) is 0 Å². The first-order valence-corrected chi connectivity index (χ1v) is 8.09. The Kier molecular flexibility index (Phi) is 4.87. The molecule has 0 aliphatic carbocycles. The zero-order valence-corrected chi connectivity index (χ0v) is 14.3. The number of aromatic nitrogens is 2. The first-order valence-electron chi connectivity index (χ1n) is 8.09. The Hall–Kier alpha value is -1.16. The molecule has 3 atom stereocenters. The van der Waals surface area contributed by atoms with Gasteiger partial charge in [0.2, 0.25) is 5.95 Å². The fourth-order valence-electron chi connectivity index (χ4n) is 2.93. The molecule has 0 aromatic carbocycles. The maximum atomic E-state index is 4.60. The zero-order chi connectivity index (χ0) is 15.6. The molecule has 0 saturated carbocycles. The normalized spacial score (nSPS) is 27.0. The van der Waals surface area contributed by atoms with Crippen LogP contribution in [0.15, 0.2) is 12.4 Å². The molecule has 0 amide bonds. The summed E-state index contributed by atoms with van der Waals surface area (Å²) in [5, 5.41) is 3.47. The topological polar surface area (TPSA) is 41.1 Å². The van der Waals surface area contributed by atoms with E-state index in [1.54, 1.807) is 0 Å². The molecule has 3 unspecified atom stereocenters. The van der Waals surface area contributed by atoms with Crippen LogP contribution in [0.5, 0.6) is 0 Å². The van der Waals surface area contributed by atoms with E-state index >= 15 is 0 Å². The van der Waals surface area contributed by atoms with Gasteiger partial charge in [0.25, 0.3) is 0 Å². The molecule has 4 nitrogen and oxygen atoms in total. The van der Waals surface area contributed by atoms with E-state index in [0.717, 1.165) is 24.6 Å². The van der Waals surface area contributed by atoms with Crippen molar-refractivity contribution in [3.05, 3.63) is 18.0 Å². The Morgan fingerprint density at radius 1 is 1.19 bits per heavy atom. The number of piperidine rings is 1. The fourth-order valence-corrected chi connectivity index (χ4v) is 2.93. The van der Waals surface area contributed by atoms with E-state index < -0.39 is 0 Å². The van der Waals surface area contributed by atoms with Gasteiger partial charge in [-0.2, -0.15) is 0 Å². The van der Waals surface area contributed by atoms with Crippen LogP contribution >= 0.6 is 0 Å². The van der Waals surface area contributed by atoms with Gasteiger partial charge in [-0.05, 0) is 46.0 Å². The summed E-state index contributed by atoms with van der Waals surface area (Å²) in [4.78, 5) is 11.6. The van der Waals surface area contributed by atoms with Crippen LogP contribution in [0.25, 0.3) is 0 Å². The van der Waals surface area contributed by atoms with Gasteiger partial charge in [0, 0.05) is 42.6 Å². The van der Waals surface area contributed by atoms with Crippen molar-refractivity contribution in [2.45, 2.75) is 66.1 Å². The van der Waals surface area contributed by atoms with Gasteiger partial charge in [-0.3, -0.25) is 0 Å². The molecule has 2 heterocycles. The van der Waals surface area contributed by atoms with Gasteiger partial charge in [0.15, 0.2) is 0 Å². The smallest absolute Gasteiger partial charge is 0.225 e. The van der Waals surface area contributed by atoms with Crippen molar-refractivity contribution in [3.63, 3.8) is 0 Å². The van der Waals surface area contributed by atoms with E-state index in [9.17, 15) is 0 Å². The SMILES string of the molecule is CC1CC(C)C(C)N(c2ncc(CNC(C)(C)C)cn2)C1. The number of rotatable bonds is 3. The van der Waals surface area contributed by atoms with E-state index in [1.165, 1.54) is 6.42 Å². The van der Waals surface area contributed by atoms with Crippen LogP contribution in [0.1, 0.15) is 53.5 Å². The Balaban J connectivity index is 2.04. The molecule has 2 rings (SSSR count). The third-order valence-corrected chi connectivity index (χ3v) is 4.37. The van der Waals surface area contributed by atoms with E-state index in [0.29, 0.717) is 17.9 Å². The highest BCUT2D eigenvalue weighted by molar-refractivity contribution is 5.33. The molecule has 0 radical (unpaired) electrons. The number of nitrogens with one attached hydrogen (secondary N) is 1. The predicted octanol–water partition coefficient (Wildman–Crippen LogP) is 3.24. The first-order chi connectivity index (χ1) is 9.76. The van der Waals surface area contributed by atoms with Gasteiger partial charge in [-0.25, -0.2) is 9.97 Å². The van der Waals surface area contributed by atoms with Crippen molar-refractivity contribution in [2.24, 2.45) is 11.8 Å². The van der Waals surface area contributed by atoms with Crippen molar-refractivity contribution in [2.75, 3.05) is 11.4 Å². The molecular weight excluding hydrogens is 260 g/mol. The third-order valence-electron chi connectivity index (χ3n) is 4.37. The summed E-state index contributed by atoms with van der Waals surface area (Å²) in [6.07, 6.45) is 5.21. The highest BCUT2D eigenvalue weighted by atomic mass is 15.3. The molecule has 1 aromatic heterocycles. The second-order valence-electron chi connectivity index (χ2n) is 7.71. The second kappa shape index (κ2) is 6.30. The van der Waals surface area contributed by atoms with Gasteiger partial charge < -0.3 is 10.2 Å². The number of hydrogen-bond donors (Lipinski definition) is 1. The van der Waals surface area contributed by atoms with E-state index in [2.05, 4.69) is 61.7 Å². The lowest BCUT2D eigenvalue weighted by atomic mass is 9.86. The van der Waals surface area contributed by atoms with Gasteiger partial charge >= 0.3 is 0 Å². The maximum Gasteiger partial charge on any atom is 0.225 e. The molecule has 0 spiro atoms. The minimum Gasteiger partial charge on any atom is -0.338 e. The van der Waals surface area contributed by atoms with Crippen LogP contribution in [-0.4, -0.2) is 28.1 Å². The lowest BCUT2D eigenvalue weighted by Gasteiger charge is -2.41. The molecule has 1 aliphatic heterocycles. The summed E-state index contributed by atoms with van der Waals surface area (Å²) in [6.45, 7) is 15.3. The van der Waals surface area contributed by atoms with E-state index in [-0.39, 0.29) is 5.54 Å². The summed E-state index contributed by atoms with van der Waals surface area (Å²) in [6, 6.07) is 0.514. The van der Waals surface area contributed by atoms with Crippen molar-refractivity contribution < 1.29 is 0 Å². The largest absolute Gasteiger partial charge is 0.338 e. The van der Waals surface area contributed by atoms with Gasteiger partial charge in [-0.1, -0.05) is 13.8 Å². The van der Waals surface area contributed by atoms with Crippen LogP contribution < -0.4 is 10.2 Å². The highest BCUT2D eigenvalue weighted by Crippen LogP contribution is 2.29. The minimum atomic E-state index is 0.116. The van der Waals surface area contributed by atoms with Crippen molar-refractivity contribution >= 4 is 5.95 Å². The first kappa shape index (κ1) is 16.2. The van der Waals surface area contributed by atoms with Crippen molar-refractivity contribution in [1.29, 1.82) is 0 Å². The molecule has 1 fully saturated rings. The minimum absolute atomic E-state index is 0.116. The lowest BCUT2D eigenvalue weighted by molar-refractivity contribution is 0.293.